The summed E-state index contributed by atoms with van der Waals surface area (Å²) in [7, 11) is 2.84. The van der Waals surface area contributed by atoms with Gasteiger partial charge < -0.3 is 18.9 Å². The fourth-order valence-electron chi connectivity index (χ4n) is 3.83. The Morgan fingerprint density at radius 1 is 1.13 bits per heavy atom. The van der Waals surface area contributed by atoms with Crippen molar-refractivity contribution >= 4 is 23.5 Å². The number of para-hydroxylation sites is 1. The summed E-state index contributed by atoms with van der Waals surface area (Å²) in [5.74, 6) is -0.310. The van der Waals surface area contributed by atoms with Gasteiger partial charge in [0.25, 0.3) is 5.91 Å². The topological polar surface area (TPSA) is 73.7 Å². The highest BCUT2D eigenvalue weighted by atomic mass is 35.5. The first-order valence-corrected chi connectivity index (χ1v) is 10.2. The number of carbonyl (C=O) groups is 2. The van der Waals surface area contributed by atoms with Crippen molar-refractivity contribution < 1.29 is 19.1 Å². The van der Waals surface area contributed by atoms with Crippen molar-refractivity contribution in [3.05, 3.63) is 82.4 Å². The predicted molar refractivity (Wildman–Crippen MR) is 115 cm³/mol. The number of amides is 1. The first-order chi connectivity index (χ1) is 15.0. The third-order valence-electron chi connectivity index (χ3n) is 5.45. The Hall–Kier alpha value is -3.32. The Bertz CT molecular complexity index is 1110. The average Bonchev–Trinajstić information content (AvgIpc) is 3.20. The molecule has 0 unspecified atom stereocenters. The summed E-state index contributed by atoms with van der Waals surface area (Å²) in [4.78, 5) is 32.0. The van der Waals surface area contributed by atoms with Crippen LogP contribution in [0.4, 0.5) is 0 Å². The van der Waals surface area contributed by atoms with Crippen LogP contribution in [0.2, 0.25) is 5.02 Å². The Labute approximate surface area is 185 Å². The first kappa shape index (κ1) is 20.9. The van der Waals surface area contributed by atoms with E-state index in [1.807, 2.05) is 28.8 Å². The van der Waals surface area contributed by atoms with E-state index in [0.717, 1.165) is 17.0 Å². The van der Waals surface area contributed by atoms with E-state index in [-0.39, 0.29) is 18.9 Å². The zero-order valence-electron chi connectivity index (χ0n) is 17.2. The van der Waals surface area contributed by atoms with Crippen LogP contribution >= 0.6 is 11.6 Å². The fourth-order valence-corrected chi connectivity index (χ4v) is 3.95. The number of imidazole rings is 1. The Kier molecular flexibility index (Phi) is 5.95. The number of aromatic nitrogens is 2. The molecule has 31 heavy (non-hydrogen) atoms. The van der Waals surface area contributed by atoms with Gasteiger partial charge in [0.1, 0.15) is 11.8 Å². The lowest BCUT2D eigenvalue weighted by atomic mass is 10.0. The number of hydrogen-bond donors (Lipinski definition) is 0. The predicted octanol–water partition coefficient (Wildman–Crippen LogP) is 3.33. The van der Waals surface area contributed by atoms with E-state index in [2.05, 4.69) is 4.98 Å². The highest BCUT2D eigenvalue weighted by Crippen LogP contribution is 2.28. The second kappa shape index (κ2) is 8.81. The minimum Gasteiger partial charge on any atom is -0.496 e. The number of halogens is 1. The first-order valence-electron chi connectivity index (χ1n) is 9.81. The molecule has 3 aromatic rings. The molecule has 0 spiro atoms. The molecule has 0 bridgehead atoms. The molecule has 8 heteroatoms. The molecule has 0 saturated heterocycles. The van der Waals surface area contributed by atoms with Crippen molar-refractivity contribution in [3.8, 4) is 5.75 Å². The summed E-state index contributed by atoms with van der Waals surface area (Å²) in [6, 6.07) is 13.8. The number of benzene rings is 2. The molecule has 0 saturated carbocycles. The maximum absolute atomic E-state index is 13.4. The smallest absolute Gasteiger partial charge is 0.329 e. The van der Waals surface area contributed by atoms with Crippen molar-refractivity contribution in [2.24, 2.45) is 0 Å². The second-order valence-corrected chi connectivity index (χ2v) is 7.71. The summed E-state index contributed by atoms with van der Waals surface area (Å²) in [5.41, 5.74) is 3.13. The number of nitrogens with zero attached hydrogens (tertiary/aromatic N) is 3. The van der Waals surface area contributed by atoms with Gasteiger partial charge in [-0.3, -0.25) is 4.79 Å². The zero-order chi connectivity index (χ0) is 22.0. The van der Waals surface area contributed by atoms with Gasteiger partial charge in [0.2, 0.25) is 0 Å². The van der Waals surface area contributed by atoms with Gasteiger partial charge in [-0.05, 0) is 29.8 Å². The van der Waals surface area contributed by atoms with E-state index < -0.39 is 12.0 Å². The van der Waals surface area contributed by atoms with Crippen LogP contribution in [0, 0.1) is 0 Å². The minimum absolute atomic E-state index is 0.236. The van der Waals surface area contributed by atoms with Gasteiger partial charge in [0.05, 0.1) is 44.0 Å². The monoisotopic (exact) mass is 439 g/mol. The van der Waals surface area contributed by atoms with Crippen molar-refractivity contribution in [2.45, 2.75) is 25.6 Å². The highest BCUT2D eigenvalue weighted by Gasteiger charge is 2.38. The lowest BCUT2D eigenvalue weighted by Crippen LogP contribution is -2.49. The van der Waals surface area contributed by atoms with E-state index in [0.29, 0.717) is 22.9 Å². The molecule has 1 aliphatic rings. The third-order valence-corrected chi connectivity index (χ3v) is 5.71. The number of rotatable bonds is 5. The van der Waals surface area contributed by atoms with Gasteiger partial charge in [-0.25, -0.2) is 9.78 Å². The summed E-state index contributed by atoms with van der Waals surface area (Å²) >= 11 is 5.99. The van der Waals surface area contributed by atoms with Crippen molar-refractivity contribution in [3.63, 3.8) is 0 Å². The van der Waals surface area contributed by atoms with Crippen molar-refractivity contribution in [1.29, 1.82) is 0 Å². The molecule has 7 nitrogen and oxygen atoms in total. The van der Waals surface area contributed by atoms with E-state index in [1.165, 1.54) is 19.1 Å². The maximum Gasteiger partial charge on any atom is 0.329 e. The second-order valence-electron chi connectivity index (χ2n) is 7.27. The molecule has 1 aliphatic heterocycles. The Balaban J connectivity index is 1.68. The maximum atomic E-state index is 13.4. The zero-order valence-corrected chi connectivity index (χ0v) is 18.0. The molecule has 1 aromatic heterocycles. The van der Waals surface area contributed by atoms with Gasteiger partial charge in [-0.2, -0.15) is 0 Å². The molecular formula is C23H22ClN3O4. The summed E-state index contributed by atoms with van der Waals surface area (Å²) in [6.45, 7) is 0.818. The molecule has 4 rings (SSSR count). The molecular weight excluding hydrogens is 418 g/mol. The lowest BCUT2D eigenvalue weighted by molar-refractivity contribution is -0.146. The molecule has 0 N–H and O–H groups in total. The number of ether oxygens (including phenoxy) is 2. The van der Waals surface area contributed by atoms with Crippen LogP contribution in [0.25, 0.3) is 0 Å². The number of esters is 1. The quantitative estimate of drug-likeness (QED) is 0.570. The standard InChI is InChI=1S/C23H22ClN3O4/c1-30-21-6-4-3-5-17(21)22(28)27-13-20-18(11-19(27)23(29)31-2)25-14-26(20)12-15-7-9-16(24)10-8-15/h3-10,14,19H,11-13H2,1-2H3/t19-/m0/s1. The van der Waals surface area contributed by atoms with Gasteiger partial charge in [-0.1, -0.05) is 35.9 Å². The average molecular weight is 440 g/mol. The normalized spacial score (nSPS) is 15.3. The summed E-state index contributed by atoms with van der Waals surface area (Å²) in [5, 5.41) is 0.672. The van der Waals surface area contributed by atoms with Crippen LogP contribution in [-0.4, -0.2) is 46.6 Å². The Morgan fingerprint density at radius 2 is 1.87 bits per heavy atom. The summed E-state index contributed by atoms with van der Waals surface area (Å²) in [6.07, 6.45) is 2.03. The SMILES string of the molecule is COC(=O)[C@@H]1Cc2ncn(Cc3ccc(Cl)cc3)c2CN1C(=O)c1ccccc1OC. The highest BCUT2D eigenvalue weighted by molar-refractivity contribution is 6.30. The number of hydrogen-bond acceptors (Lipinski definition) is 5. The van der Waals surface area contributed by atoms with E-state index >= 15 is 0 Å². The largest absolute Gasteiger partial charge is 0.496 e. The Morgan fingerprint density at radius 3 is 2.58 bits per heavy atom. The number of fused-ring (bicyclic) bond motifs is 1. The van der Waals surface area contributed by atoms with Crippen LogP contribution < -0.4 is 4.74 Å². The third kappa shape index (κ3) is 4.14. The molecule has 0 aliphatic carbocycles. The number of carbonyl (C=O) groups excluding carboxylic acids is 2. The van der Waals surface area contributed by atoms with Crippen molar-refractivity contribution in [2.75, 3.05) is 14.2 Å². The minimum atomic E-state index is -0.756. The summed E-state index contributed by atoms with van der Waals surface area (Å²) < 4.78 is 12.3. The van der Waals surface area contributed by atoms with Crippen LogP contribution in [0.3, 0.4) is 0 Å². The van der Waals surface area contributed by atoms with Crippen LogP contribution in [0.1, 0.15) is 27.3 Å². The van der Waals surface area contributed by atoms with Gasteiger partial charge >= 0.3 is 5.97 Å². The molecule has 1 atom stereocenters. The molecule has 2 aromatic carbocycles. The van der Waals surface area contributed by atoms with Crippen LogP contribution in [-0.2, 0) is 29.0 Å². The molecule has 2 heterocycles. The van der Waals surface area contributed by atoms with Gasteiger partial charge in [-0.15, -0.1) is 0 Å². The lowest BCUT2D eigenvalue weighted by Gasteiger charge is -2.34. The molecule has 0 fully saturated rings. The molecule has 0 radical (unpaired) electrons. The fraction of sp³-hybridized carbons (Fsp3) is 0.261. The van der Waals surface area contributed by atoms with E-state index in [4.69, 9.17) is 21.1 Å². The van der Waals surface area contributed by atoms with Gasteiger partial charge in [0, 0.05) is 18.0 Å². The molecule has 160 valence electrons. The van der Waals surface area contributed by atoms with Crippen LogP contribution in [0.15, 0.2) is 54.9 Å². The van der Waals surface area contributed by atoms with E-state index in [1.54, 1.807) is 30.6 Å². The molecule has 1 amide bonds. The van der Waals surface area contributed by atoms with Crippen LogP contribution in [0.5, 0.6) is 5.75 Å². The van der Waals surface area contributed by atoms with Gasteiger partial charge in [0.15, 0.2) is 0 Å². The van der Waals surface area contributed by atoms with E-state index in [9.17, 15) is 9.59 Å². The van der Waals surface area contributed by atoms with Crippen molar-refractivity contribution in [1.82, 2.24) is 14.5 Å². The number of methoxy groups -OCH3 is 2.